The molecule has 2 saturated heterocycles. The molecule has 14 heavy (non-hydrogen) atoms. The maximum absolute atomic E-state index is 5.40. The molecule has 0 aromatic rings. The van der Waals surface area contributed by atoms with Gasteiger partial charge in [-0.05, 0) is 0 Å². The molecule has 0 unspecified atom stereocenters. The van der Waals surface area contributed by atoms with E-state index in [2.05, 4.69) is 5.92 Å². The van der Waals surface area contributed by atoms with Gasteiger partial charge < -0.3 is 18.6 Å². The Balaban J connectivity index is 1.95. The maximum Gasteiger partial charge on any atom is 0.458 e. The molecular weight excluding hydrogens is 182 g/mol. The number of hydrogen-bond donors (Lipinski definition) is 0. The van der Waals surface area contributed by atoms with Gasteiger partial charge in [-0.2, -0.15) is 0 Å². The Bertz CT molecular complexity index is 202. The van der Waals surface area contributed by atoms with Crippen LogP contribution in [0.2, 0.25) is 5.72 Å². The summed E-state index contributed by atoms with van der Waals surface area (Å²) in [4.78, 5) is 0. The van der Waals surface area contributed by atoms with E-state index >= 15 is 0 Å². The van der Waals surface area contributed by atoms with Crippen molar-refractivity contribution in [2.45, 2.75) is 12.1 Å². The Morgan fingerprint density at radius 3 is 1.79 bits per heavy atom. The number of terminal acetylenes is 1. The van der Waals surface area contributed by atoms with E-state index in [1.54, 1.807) is 0 Å². The molecule has 2 heterocycles. The lowest BCUT2D eigenvalue weighted by Gasteiger charge is -2.17. The molecule has 74 valence electrons. The van der Waals surface area contributed by atoms with Gasteiger partial charge in [0.15, 0.2) is 0 Å². The summed E-state index contributed by atoms with van der Waals surface area (Å²) >= 11 is 0. The van der Waals surface area contributed by atoms with Crippen LogP contribution in [0, 0.1) is 12.3 Å². The Morgan fingerprint density at radius 2 is 1.43 bits per heavy atom. The summed E-state index contributed by atoms with van der Waals surface area (Å²) in [5, 5.41) is 0. The number of hydrogen-bond acceptors (Lipinski definition) is 4. The average molecular weight is 194 g/mol. The van der Waals surface area contributed by atoms with Crippen LogP contribution in [0.15, 0.2) is 0 Å². The Kier molecular flexibility index (Phi) is 3.49. The van der Waals surface area contributed by atoms with E-state index in [4.69, 9.17) is 25.0 Å². The molecule has 0 N–H and O–H groups in total. The van der Waals surface area contributed by atoms with Crippen LogP contribution >= 0.6 is 0 Å². The van der Waals surface area contributed by atoms with E-state index in [-0.39, 0.29) is 20.0 Å². The van der Waals surface area contributed by atoms with Crippen LogP contribution in [0.3, 0.4) is 0 Å². The molecule has 0 aromatic carbocycles. The van der Waals surface area contributed by atoms with E-state index in [0.717, 1.165) is 0 Å². The molecule has 0 aromatic heterocycles. The van der Waals surface area contributed by atoms with Crippen molar-refractivity contribution in [1.29, 1.82) is 0 Å². The first-order valence-corrected chi connectivity index (χ1v) is 4.81. The molecule has 0 atom stereocenters. The van der Waals surface area contributed by atoms with Crippen molar-refractivity contribution >= 4 is 14.2 Å². The zero-order valence-corrected chi connectivity index (χ0v) is 7.98. The van der Waals surface area contributed by atoms with Crippen LogP contribution in [0.1, 0.15) is 6.42 Å². The third-order valence-electron chi connectivity index (χ3n) is 2.35. The largest absolute Gasteiger partial charge is 0.458 e. The molecule has 2 aliphatic rings. The van der Waals surface area contributed by atoms with Gasteiger partial charge in [0.1, 0.15) is 0 Å². The fraction of sp³-hybridized carbons (Fsp3) is 0.750. The lowest BCUT2D eigenvalue weighted by atomic mass is 9.50. The van der Waals surface area contributed by atoms with Crippen LogP contribution < -0.4 is 0 Å². The van der Waals surface area contributed by atoms with E-state index < -0.39 is 0 Å². The lowest BCUT2D eigenvalue weighted by molar-refractivity contribution is 0.332. The molecule has 2 rings (SSSR count). The second kappa shape index (κ2) is 4.85. The maximum atomic E-state index is 5.40. The molecule has 6 heteroatoms. The van der Waals surface area contributed by atoms with Crippen molar-refractivity contribution in [1.82, 2.24) is 0 Å². The predicted molar refractivity (Wildman–Crippen MR) is 52.5 cm³/mol. The van der Waals surface area contributed by atoms with Crippen molar-refractivity contribution in [3.05, 3.63) is 0 Å². The van der Waals surface area contributed by atoms with Crippen molar-refractivity contribution in [2.75, 3.05) is 26.4 Å². The summed E-state index contributed by atoms with van der Waals surface area (Å²) in [6.07, 6.45) is 5.84. The summed E-state index contributed by atoms with van der Waals surface area (Å²) in [6, 6.07) is 0. The zero-order chi connectivity index (χ0) is 9.80. The fourth-order valence-electron chi connectivity index (χ4n) is 1.70. The summed E-state index contributed by atoms with van der Waals surface area (Å²) in [5.74, 6) is 2.60. The molecule has 2 fully saturated rings. The minimum atomic E-state index is -0.269. The molecule has 0 radical (unpaired) electrons. The molecule has 0 spiro atoms. The summed E-state index contributed by atoms with van der Waals surface area (Å²) in [5.41, 5.74) is -0.00926. The smallest absolute Gasteiger partial charge is 0.409 e. The Labute approximate surface area is 84.5 Å². The summed E-state index contributed by atoms with van der Waals surface area (Å²) in [6.45, 7) is 2.49. The first kappa shape index (κ1) is 10.1. The highest BCUT2D eigenvalue weighted by Gasteiger charge is 2.45. The van der Waals surface area contributed by atoms with Gasteiger partial charge in [-0.3, -0.25) is 0 Å². The van der Waals surface area contributed by atoms with E-state index in [1.807, 2.05) is 0 Å². The zero-order valence-electron chi connectivity index (χ0n) is 7.98. The SMILES string of the molecule is C#CCC(B1OCCO1)B1OCCO1. The van der Waals surface area contributed by atoms with Crippen molar-refractivity contribution in [3.8, 4) is 12.3 Å². The highest BCUT2D eigenvalue weighted by atomic mass is 16.7. The minimum Gasteiger partial charge on any atom is -0.409 e. The van der Waals surface area contributed by atoms with Gasteiger partial charge in [0, 0.05) is 12.1 Å². The van der Waals surface area contributed by atoms with Crippen LogP contribution in [-0.4, -0.2) is 40.7 Å². The molecular formula is C8H12B2O4. The van der Waals surface area contributed by atoms with E-state index in [9.17, 15) is 0 Å². The number of rotatable bonds is 3. The van der Waals surface area contributed by atoms with Crippen molar-refractivity contribution in [2.24, 2.45) is 0 Å². The van der Waals surface area contributed by atoms with Gasteiger partial charge in [0.25, 0.3) is 0 Å². The van der Waals surface area contributed by atoms with E-state index in [0.29, 0.717) is 32.8 Å². The second-order valence-electron chi connectivity index (χ2n) is 3.29. The average Bonchev–Trinajstić information content (AvgIpc) is 2.87. The van der Waals surface area contributed by atoms with Gasteiger partial charge >= 0.3 is 14.2 Å². The highest BCUT2D eigenvalue weighted by molar-refractivity contribution is 6.68. The predicted octanol–water partition coefficient (Wildman–Crippen LogP) is -0.0109. The van der Waals surface area contributed by atoms with Gasteiger partial charge in [-0.25, -0.2) is 0 Å². The van der Waals surface area contributed by atoms with Crippen LogP contribution in [0.4, 0.5) is 0 Å². The monoisotopic (exact) mass is 194 g/mol. The second-order valence-corrected chi connectivity index (χ2v) is 3.29. The Hall–Kier alpha value is -0.470. The summed E-state index contributed by atoms with van der Waals surface area (Å²) in [7, 11) is -0.539. The first-order chi connectivity index (χ1) is 6.92. The van der Waals surface area contributed by atoms with Gasteiger partial charge in [0.2, 0.25) is 0 Å². The molecule has 4 nitrogen and oxygen atoms in total. The molecule has 0 saturated carbocycles. The van der Waals surface area contributed by atoms with Crippen LogP contribution in [-0.2, 0) is 18.6 Å². The standard InChI is InChI=1S/C8H12B2O4/c1-2-3-8(9-11-4-5-12-9)10-13-6-7-14-10/h1,8H,3-7H2. The van der Waals surface area contributed by atoms with E-state index in [1.165, 1.54) is 0 Å². The normalized spacial score (nSPS) is 22.0. The van der Waals surface area contributed by atoms with Crippen LogP contribution in [0.5, 0.6) is 0 Å². The molecule has 0 aliphatic carbocycles. The van der Waals surface area contributed by atoms with Crippen LogP contribution in [0.25, 0.3) is 0 Å². The van der Waals surface area contributed by atoms with Gasteiger partial charge in [-0.15, -0.1) is 12.3 Å². The molecule has 2 aliphatic heterocycles. The quantitative estimate of drug-likeness (QED) is 0.467. The van der Waals surface area contributed by atoms with Gasteiger partial charge in [-0.1, -0.05) is 0 Å². The fourth-order valence-corrected chi connectivity index (χ4v) is 1.70. The Morgan fingerprint density at radius 1 is 1.00 bits per heavy atom. The summed E-state index contributed by atoms with van der Waals surface area (Å²) < 4.78 is 21.6. The third kappa shape index (κ3) is 2.12. The molecule has 0 bridgehead atoms. The first-order valence-electron chi connectivity index (χ1n) is 4.81. The topological polar surface area (TPSA) is 36.9 Å². The third-order valence-corrected chi connectivity index (χ3v) is 2.35. The van der Waals surface area contributed by atoms with Gasteiger partial charge in [0.05, 0.1) is 26.4 Å². The van der Waals surface area contributed by atoms with Crippen molar-refractivity contribution in [3.63, 3.8) is 0 Å². The lowest BCUT2D eigenvalue weighted by Crippen LogP contribution is -2.35. The highest BCUT2D eigenvalue weighted by Crippen LogP contribution is 2.26. The van der Waals surface area contributed by atoms with Crippen molar-refractivity contribution < 1.29 is 18.6 Å². The minimum absolute atomic E-state index is 0.00926. The molecule has 0 amide bonds.